The molecule has 2 N–H and O–H groups in total. The molecule has 2 heterocycles. The van der Waals surface area contributed by atoms with Crippen LogP contribution in [0.15, 0.2) is 54.9 Å². The van der Waals surface area contributed by atoms with Gasteiger partial charge in [-0.25, -0.2) is 4.98 Å². The van der Waals surface area contributed by atoms with Gasteiger partial charge in [-0.15, -0.1) is 0 Å². The number of nitrogens with one attached hydrogen (secondary N) is 2. The summed E-state index contributed by atoms with van der Waals surface area (Å²) in [6.45, 7) is 1.94. The summed E-state index contributed by atoms with van der Waals surface area (Å²) in [6, 6.07) is 13.7. The van der Waals surface area contributed by atoms with Gasteiger partial charge in [-0.3, -0.25) is 14.9 Å². The summed E-state index contributed by atoms with van der Waals surface area (Å²) in [6.07, 6.45) is 9.33. The molecule has 1 saturated carbocycles. The van der Waals surface area contributed by atoms with Crippen LogP contribution in [0, 0.1) is 5.92 Å². The van der Waals surface area contributed by atoms with E-state index in [1.165, 1.54) is 19.3 Å². The van der Waals surface area contributed by atoms with E-state index < -0.39 is 0 Å². The van der Waals surface area contributed by atoms with Crippen LogP contribution in [0.25, 0.3) is 11.4 Å². The van der Waals surface area contributed by atoms with Crippen LogP contribution in [-0.2, 0) is 4.79 Å². The monoisotopic (exact) mass is 389 g/mol. The normalized spacial score (nSPS) is 16.9. The van der Waals surface area contributed by atoms with Gasteiger partial charge in [0.15, 0.2) is 5.82 Å². The minimum atomic E-state index is -0.254. The van der Waals surface area contributed by atoms with Crippen molar-refractivity contribution in [1.29, 1.82) is 0 Å². The van der Waals surface area contributed by atoms with Crippen LogP contribution in [0.4, 0.5) is 0 Å². The molecule has 1 amide bonds. The summed E-state index contributed by atoms with van der Waals surface area (Å²) in [7, 11) is 0. The number of benzene rings is 1. The van der Waals surface area contributed by atoms with Gasteiger partial charge in [-0.05, 0) is 43.4 Å². The predicted molar refractivity (Wildman–Crippen MR) is 112 cm³/mol. The van der Waals surface area contributed by atoms with Crippen molar-refractivity contribution in [2.75, 3.05) is 0 Å². The van der Waals surface area contributed by atoms with E-state index in [9.17, 15) is 4.79 Å². The average Bonchev–Trinajstić information content (AvgIpc) is 3.27. The standard InChI is InChI=1S/C23H27N5O/c1-16(21-26-22(28-27-21)19-13-8-14-24-15-19)25-23(29)20(17-9-4-2-5-10-17)18-11-6-3-7-12-18/h2,4-5,8-10,13-16,18,20H,3,6-7,11-12H2,1H3,(H,25,29)(H,26,27,28)/t16-,20-/m0/s1. The zero-order chi connectivity index (χ0) is 20.1. The fourth-order valence-electron chi connectivity index (χ4n) is 4.23. The van der Waals surface area contributed by atoms with Crippen molar-refractivity contribution in [1.82, 2.24) is 25.5 Å². The number of carbonyl (C=O) groups is 1. The SMILES string of the molecule is C[C@H](NC(=O)[C@@H](c1ccccc1)C1CCCCC1)c1nc(-c2cccnc2)n[nH]1. The molecule has 6 nitrogen and oxygen atoms in total. The Morgan fingerprint density at radius 3 is 2.62 bits per heavy atom. The Morgan fingerprint density at radius 2 is 1.90 bits per heavy atom. The lowest BCUT2D eigenvalue weighted by Crippen LogP contribution is -2.36. The Hall–Kier alpha value is -3.02. The van der Waals surface area contributed by atoms with Gasteiger partial charge in [0.1, 0.15) is 5.82 Å². The first-order valence-corrected chi connectivity index (χ1v) is 10.4. The molecule has 150 valence electrons. The molecule has 3 aromatic rings. The molecule has 1 aliphatic carbocycles. The van der Waals surface area contributed by atoms with Crippen LogP contribution in [0.5, 0.6) is 0 Å². The van der Waals surface area contributed by atoms with Crippen molar-refractivity contribution in [3.8, 4) is 11.4 Å². The molecular formula is C23H27N5O. The van der Waals surface area contributed by atoms with Crippen molar-refractivity contribution in [2.24, 2.45) is 5.92 Å². The Morgan fingerprint density at radius 1 is 1.10 bits per heavy atom. The van der Waals surface area contributed by atoms with Crippen molar-refractivity contribution < 1.29 is 4.79 Å². The van der Waals surface area contributed by atoms with Crippen LogP contribution in [0.2, 0.25) is 0 Å². The van der Waals surface area contributed by atoms with Crippen LogP contribution in [0.1, 0.15) is 62.4 Å². The van der Waals surface area contributed by atoms with Crippen LogP contribution in [0.3, 0.4) is 0 Å². The second kappa shape index (κ2) is 8.99. The highest BCUT2D eigenvalue weighted by atomic mass is 16.2. The molecule has 2 atom stereocenters. The quantitative estimate of drug-likeness (QED) is 0.654. The summed E-state index contributed by atoms with van der Waals surface area (Å²) in [4.78, 5) is 22.0. The number of hydrogen-bond donors (Lipinski definition) is 2. The highest BCUT2D eigenvalue weighted by Crippen LogP contribution is 2.36. The molecular weight excluding hydrogens is 362 g/mol. The largest absolute Gasteiger partial charge is 0.346 e. The van der Waals surface area contributed by atoms with E-state index in [1.807, 2.05) is 37.3 Å². The predicted octanol–water partition coefficient (Wildman–Crippen LogP) is 4.41. The van der Waals surface area contributed by atoms with Gasteiger partial charge in [-0.1, -0.05) is 49.6 Å². The first-order valence-electron chi connectivity index (χ1n) is 10.4. The zero-order valence-corrected chi connectivity index (χ0v) is 16.7. The van der Waals surface area contributed by atoms with Gasteiger partial charge >= 0.3 is 0 Å². The van der Waals surface area contributed by atoms with Gasteiger partial charge in [0.25, 0.3) is 0 Å². The van der Waals surface area contributed by atoms with E-state index >= 15 is 0 Å². The molecule has 6 heteroatoms. The Balaban J connectivity index is 1.50. The lowest BCUT2D eigenvalue weighted by molar-refractivity contribution is -0.124. The zero-order valence-electron chi connectivity index (χ0n) is 16.7. The molecule has 0 saturated heterocycles. The van der Waals surface area contributed by atoms with Crippen LogP contribution < -0.4 is 5.32 Å². The first-order chi connectivity index (χ1) is 14.2. The topological polar surface area (TPSA) is 83.6 Å². The van der Waals surface area contributed by atoms with Gasteiger partial charge in [0.2, 0.25) is 5.91 Å². The second-order valence-corrected chi connectivity index (χ2v) is 7.80. The number of amides is 1. The number of aromatic nitrogens is 4. The summed E-state index contributed by atoms with van der Waals surface area (Å²) < 4.78 is 0. The Bertz CT molecular complexity index is 919. The maximum Gasteiger partial charge on any atom is 0.228 e. The second-order valence-electron chi connectivity index (χ2n) is 7.80. The Kier molecular flexibility index (Phi) is 5.98. The lowest BCUT2D eigenvalue weighted by atomic mass is 9.76. The maximum atomic E-state index is 13.3. The molecule has 29 heavy (non-hydrogen) atoms. The molecule has 0 radical (unpaired) electrons. The van der Waals surface area contributed by atoms with Gasteiger partial charge in [-0.2, -0.15) is 5.10 Å². The lowest BCUT2D eigenvalue weighted by Gasteiger charge is -2.30. The molecule has 0 spiro atoms. The van der Waals surface area contributed by atoms with E-state index in [4.69, 9.17) is 0 Å². The number of hydrogen-bond acceptors (Lipinski definition) is 4. The molecule has 2 aromatic heterocycles. The third kappa shape index (κ3) is 4.53. The van der Waals surface area contributed by atoms with Crippen molar-refractivity contribution in [3.63, 3.8) is 0 Å². The minimum absolute atomic E-state index is 0.0647. The first kappa shape index (κ1) is 19.3. The number of pyridine rings is 1. The molecule has 1 aliphatic rings. The highest BCUT2D eigenvalue weighted by Gasteiger charge is 2.32. The molecule has 0 bridgehead atoms. The third-order valence-electron chi connectivity index (χ3n) is 5.75. The molecule has 0 aliphatic heterocycles. The number of rotatable bonds is 6. The minimum Gasteiger partial charge on any atom is -0.346 e. The van der Waals surface area contributed by atoms with Crippen molar-refractivity contribution >= 4 is 5.91 Å². The van der Waals surface area contributed by atoms with Gasteiger partial charge in [0, 0.05) is 18.0 Å². The van der Waals surface area contributed by atoms with Crippen LogP contribution in [-0.4, -0.2) is 26.1 Å². The molecule has 0 unspecified atom stereocenters. The fourth-order valence-corrected chi connectivity index (χ4v) is 4.23. The number of carbonyl (C=O) groups excluding carboxylic acids is 1. The summed E-state index contributed by atoms with van der Waals surface area (Å²) >= 11 is 0. The van der Waals surface area contributed by atoms with Crippen LogP contribution >= 0.6 is 0 Å². The summed E-state index contributed by atoms with van der Waals surface area (Å²) in [5.41, 5.74) is 1.94. The average molecular weight is 390 g/mol. The maximum absolute atomic E-state index is 13.3. The van der Waals surface area contributed by atoms with E-state index in [0.717, 1.165) is 24.0 Å². The van der Waals surface area contributed by atoms with Crippen molar-refractivity contribution in [2.45, 2.75) is 51.0 Å². The van der Waals surface area contributed by atoms with E-state index in [2.05, 4.69) is 37.6 Å². The molecule has 1 aromatic carbocycles. The third-order valence-corrected chi connectivity index (χ3v) is 5.75. The van der Waals surface area contributed by atoms with E-state index in [0.29, 0.717) is 17.6 Å². The van der Waals surface area contributed by atoms with Gasteiger partial charge < -0.3 is 5.32 Å². The number of H-pyrrole nitrogens is 1. The Labute approximate surface area is 171 Å². The van der Waals surface area contributed by atoms with E-state index in [1.54, 1.807) is 12.4 Å². The summed E-state index contributed by atoms with van der Waals surface area (Å²) in [5.74, 6) is 1.56. The number of aromatic amines is 1. The summed E-state index contributed by atoms with van der Waals surface area (Å²) in [5, 5.41) is 10.4. The van der Waals surface area contributed by atoms with Gasteiger partial charge in [0.05, 0.1) is 12.0 Å². The van der Waals surface area contributed by atoms with Crippen molar-refractivity contribution in [3.05, 3.63) is 66.2 Å². The fraction of sp³-hybridized carbons (Fsp3) is 0.391. The highest BCUT2D eigenvalue weighted by molar-refractivity contribution is 5.84. The van der Waals surface area contributed by atoms with E-state index in [-0.39, 0.29) is 17.9 Å². The number of nitrogens with zero attached hydrogens (tertiary/aromatic N) is 3. The molecule has 4 rings (SSSR count). The smallest absolute Gasteiger partial charge is 0.228 e. The molecule has 1 fully saturated rings.